The van der Waals surface area contributed by atoms with Crippen molar-refractivity contribution in [3.63, 3.8) is 0 Å². The number of aryl methyl sites for hydroxylation is 1. The number of carbonyl (C=O) groups is 2. The van der Waals surface area contributed by atoms with Crippen LogP contribution in [-0.4, -0.2) is 40.0 Å². The molecule has 5 N–H and O–H groups in total. The number of aliphatic carboxylic acids is 1. The molecule has 1 heterocycles. The van der Waals surface area contributed by atoms with Crippen molar-refractivity contribution in [2.75, 3.05) is 18.8 Å². The van der Waals surface area contributed by atoms with Crippen LogP contribution in [0.2, 0.25) is 0 Å². The van der Waals surface area contributed by atoms with Gasteiger partial charge in [0.15, 0.2) is 0 Å². The van der Waals surface area contributed by atoms with Gasteiger partial charge in [-0.3, -0.25) is 4.79 Å². The number of rotatable bonds is 9. The monoisotopic (exact) mass is 370 g/mol. The Bertz CT molecular complexity index is 826. The largest absolute Gasteiger partial charge is 0.481 e. The molecule has 0 fully saturated rings. The van der Waals surface area contributed by atoms with Crippen LogP contribution in [0.5, 0.6) is 0 Å². The van der Waals surface area contributed by atoms with Crippen LogP contribution in [0.1, 0.15) is 30.5 Å². The van der Waals surface area contributed by atoms with Crippen LogP contribution < -0.4 is 16.4 Å². The first-order chi connectivity index (χ1) is 13.0. The average molecular weight is 370 g/mol. The minimum absolute atomic E-state index is 0.0166. The van der Waals surface area contributed by atoms with Crippen LogP contribution in [-0.2, 0) is 11.2 Å². The standard InChI is InChI=1S/C18H22N6O3/c19-12-14-15(23-24(17(14)20)13-6-2-1-3-7-13)8-4-10-21-18(27)22-11-5-9-16(25)26/h1-3,6-7H,4-5,8-11,20H2,(H,25,26)(H2,21,22,27). The number of carboxylic acid groups (broad SMARTS) is 1. The lowest BCUT2D eigenvalue weighted by atomic mass is 10.1. The molecule has 0 aliphatic rings. The first-order valence-electron chi connectivity index (χ1n) is 8.59. The van der Waals surface area contributed by atoms with Crippen molar-refractivity contribution in [3.8, 4) is 11.8 Å². The minimum Gasteiger partial charge on any atom is -0.481 e. The van der Waals surface area contributed by atoms with Crippen LogP contribution in [0.4, 0.5) is 10.6 Å². The van der Waals surface area contributed by atoms with Gasteiger partial charge in [-0.25, -0.2) is 9.48 Å². The molecule has 2 aromatic rings. The normalized spacial score (nSPS) is 10.2. The maximum Gasteiger partial charge on any atom is 0.314 e. The molecule has 2 amide bonds. The van der Waals surface area contributed by atoms with Crippen molar-refractivity contribution in [1.82, 2.24) is 20.4 Å². The van der Waals surface area contributed by atoms with Gasteiger partial charge in [0.25, 0.3) is 0 Å². The van der Waals surface area contributed by atoms with Crippen LogP contribution in [0.25, 0.3) is 5.69 Å². The van der Waals surface area contributed by atoms with Gasteiger partial charge in [-0.2, -0.15) is 10.4 Å². The number of nitrogens with zero attached hydrogens (tertiary/aromatic N) is 3. The molecule has 1 aromatic carbocycles. The van der Waals surface area contributed by atoms with Gasteiger partial charge in [0.05, 0.1) is 11.4 Å². The van der Waals surface area contributed by atoms with E-state index in [1.165, 1.54) is 4.68 Å². The van der Waals surface area contributed by atoms with Crippen molar-refractivity contribution in [1.29, 1.82) is 5.26 Å². The Kier molecular flexibility index (Phi) is 7.19. The highest BCUT2D eigenvalue weighted by Gasteiger charge is 2.16. The number of aromatic nitrogens is 2. The van der Waals surface area contributed by atoms with Gasteiger partial charge >= 0.3 is 12.0 Å². The van der Waals surface area contributed by atoms with Crippen molar-refractivity contribution in [2.45, 2.75) is 25.7 Å². The van der Waals surface area contributed by atoms with Gasteiger partial charge in [-0.1, -0.05) is 18.2 Å². The van der Waals surface area contributed by atoms with Crippen LogP contribution in [0.15, 0.2) is 30.3 Å². The number of urea groups is 1. The third-order valence-corrected chi connectivity index (χ3v) is 3.84. The Morgan fingerprint density at radius 3 is 2.48 bits per heavy atom. The van der Waals surface area contributed by atoms with Gasteiger partial charge in [0.2, 0.25) is 0 Å². The molecule has 0 bridgehead atoms. The summed E-state index contributed by atoms with van der Waals surface area (Å²) in [6, 6.07) is 11.1. The third kappa shape index (κ3) is 5.74. The quantitative estimate of drug-likeness (QED) is 0.491. The summed E-state index contributed by atoms with van der Waals surface area (Å²) in [7, 11) is 0. The number of carbonyl (C=O) groups excluding carboxylic acids is 1. The Balaban J connectivity index is 1.83. The van der Waals surface area contributed by atoms with E-state index in [0.717, 1.165) is 5.69 Å². The predicted octanol–water partition coefficient (Wildman–Crippen LogP) is 1.42. The summed E-state index contributed by atoms with van der Waals surface area (Å²) in [6.07, 6.45) is 1.47. The molecule has 0 aliphatic carbocycles. The van der Waals surface area contributed by atoms with E-state index < -0.39 is 5.97 Å². The zero-order chi connectivity index (χ0) is 19.6. The maximum absolute atomic E-state index is 11.6. The Labute approximate surface area is 156 Å². The smallest absolute Gasteiger partial charge is 0.314 e. The van der Waals surface area contributed by atoms with Crippen LogP contribution in [0, 0.1) is 11.3 Å². The molecule has 0 saturated carbocycles. The SMILES string of the molecule is N#Cc1c(CCCNC(=O)NCCCC(=O)O)nn(-c2ccccc2)c1N. The Hall–Kier alpha value is -3.54. The number of hydrogen-bond donors (Lipinski definition) is 4. The number of nitrogens with two attached hydrogens (primary N) is 1. The summed E-state index contributed by atoms with van der Waals surface area (Å²) in [5.74, 6) is -0.595. The summed E-state index contributed by atoms with van der Waals surface area (Å²) in [4.78, 5) is 22.0. The number of benzene rings is 1. The van der Waals surface area contributed by atoms with E-state index >= 15 is 0 Å². The number of para-hydroxylation sites is 1. The summed E-state index contributed by atoms with van der Waals surface area (Å²) < 4.78 is 1.54. The molecule has 0 radical (unpaired) electrons. The number of nitriles is 1. The molecule has 0 aliphatic heterocycles. The van der Waals surface area contributed by atoms with Crippen molar-refractivity contribution >= 4 is 17.8 Å². The highest BCUT2D eigenvalue weighted by Crippen LogP contribution is 2.21. The van der Waals surface area contributed by atoms with Crippen LogP contribution in [0.3, 0.4) is 0 Å². The Morgan fingerprint density at radius 1 is 1.19 bits per heavy atom. The van der Waals surface area contributed by atoms with Gasteiger partial charge in [-0.05, 0) is 31.4 Å². The summed E-state index contributed by atoms with van der Waals surface area (Å²) in [6.45, 7) is 0.697. The van der Waals surface area contributed by atoms with Crippen LogP contribution >= 0.6 is 0 Å². The molecule has 9 nitrogen and oxygen atoms in total. The van der Waals surface area contributed by atoms with E-state index in [-0.39, 0.29) is 12.5 Å². The number of hydrogen-bond acceptors (Lipinski definition) is 5. The fourth-order valence-corrected chi connectivity index (χ4v) is 2.50. The summed E-state index contributed by atoms with van der Waals surface area (Å²) in [5, 5.41) is 27.6. The van der Waals surface area contributed by atoms with E-state index in [1.54, 1.807) is 0 Å². The average Bonchev–Trinajstić information content (AvgIpc) is 2.98. The number of anilines is 1. The molecule has 0 atom stereocenters. The fraction of sp³-hybridized carbons (Fsp3) is 0.333. The zero-order valence-electron chi connectivity index (χ0n) is 14.8. The lowest BCUT2D eigenvalue weighted by Gasteiger charge is -2.06. The van der Waals surface area contributed by atoms with Gasteiger partial charge in [-0.15, -0.1) is 0 Å². The van der Waals surface area contributed by atoms with Crippen molar-refractivity contribution in [3.05, 3.63) is 41.6 Å². The zero-order valence-corrected chi connectivity index (χ0v) is 14.8. The van der Waals surface area contributed by atoms with Gasteiger partial charge < -0.3 is 21.5 Å². The Morgan fingerprint density at radius 2 is 1.85 bits per heavy atom. The highest BCUT2D eigenvalue weighted by atomic mass is 16.4. The first kappa shape index (κ1) is 19.8. The van der Waals surface area contributed by atoms with E-state index in [2.05, 4.69) is 21.8 Å². The lowest BCUT2D eigenvalue weighted by Crippen LogP contribution is -2.36. The highest BCUT2D eigenvalue weighted by molar-refractivity contribution is 5.73. The molecule has 9 heteroatoms. The number of nitrogen functional groups attached to an aromatic ring is 1. The first-order valence-corrected chi connectivity index (χ1v) is 8.59. The van der Waals surface area contributed by atoms with E-state index in [9.17, 15) is 14.9 Å². The molecular weight excluding hydrogens is 348 g/mol. The lowest BCUT2D eigenvalue weighted by molar-refractivity contribution is -0.137. The second-order valence-corrected chi connectivity index (χ2v) is 5.85. The van der Waals surface area contributed by atoms with Gasteiger partial charge in [0, 0.05) is 19.5 Å². The fourth-order valence-electron chi connectivity index (χ4n) is 2.50. The minimum atomic E-state index is -0.889. The molecule has 2 rings (SSSR count). The maximum atomic E-state index is 11.6. The second kappa shape index (κ2) is 9.82. The van der Waals surface area contributed by atoms with E-state index in [4.69, 9.17) is 10.8 Å². The molecule has 142 valence electrons. The summed E-state index contributed by atoms with van der Waals surface area (Å²) >= 11 is 0. The topological polar surface area (TPSA) is 146 Å². The molecule has 0 unspecified atom stereocenters. The number of carboxylic acids is 1. The second-order valence-electron chi connectivity index (χ2n) is 5.85. The molecule has 27 heavy (non-hydrogen) atoms. The molecule has 0 saturated heterocycles. The molecule has 0 spiro atoms. The van der Waals surface area contributed by atoms with Gasteiger partial charge in [0.1, 0.15) is 17.5 Å². The third-order valence-electron chi connectivity index (χ3n) is 3.84. The predicted molar refractivity (Wildman–Crippen MR) is 99.3 cm³/mol. The van der Waals surface area contributed by atoms with E-state index in [0.29, 0.717) is 49.4 Å². The summed E-state index contributed by atoms with van der Waals surface area (Å²) in [5.41, 5.74) is 7.75. The number of nitrogens with one attached hydrogen (secondary N) is 2. The van der Waals surface area contributed by atoms with E-state index in [1.807, 2.05) is 30.3 Å². The van der Waals surface area contributed by atoms with Crippen molar-refractivity contribution < 1.29 is 14.7 Å². The van der Waals surface area contributed by atoms with Crippen molar-refractivity contribution in [2.24, 2.45) is 0 Å². The molecular formula is C18H22N6O3. The number of amides is 2. The molecule has 1 aromatic heterocycles.